The number of carbonyl (C=O) groups excluding carboxylic acids is 1. The maximum absolute atomic E-state index is 12.4. The van der Waals surface area contributed by atoms with E-state index in [1.807, 2.05) is 92.7 Å². The lowest BCUT2D eigenvalue weighted by Crippen LogP contribution is -2.18. The number of rotatable bonds is 6. The van der Waals surface area contributed by atoms with Crippen LogP contribution in [0.1, 0.15) is 27.0 Å². The molecule has 158 valence electrons. The van der Waals surface area contributed by atoms with Gasteiger partial charge in [-0.3, -0.25) is 4.79 Å². The number of carbonyl (C=O) groups is 1. The van der Waals surface area contributed by atoms with Gasteiger partial charge in [-0.25, -0.2) is 5.43 Å². The van der Waals surface area contributed by atoms with E-state index in [1.54, 1.807) is 6.21 Å². The number of anilines is 3. The highest BCUT2D eigenvalue weighted by molar-refractivity contribution is 5.96. The first kappa shape index (κ1) is 21.1. The lowest BCUT2D eigenvalue weighted by atomic mass is 10.1. The fourth-order valence-corrected chi connectivity index (χ4v) is 3.60. The van der Waals surface area contributed by atoms with Crippen molar-refractivity contribution in [3.05, 3.63) is 125 Å². The summed E-state index contributed by atoms with van der Waals surface area (Å²) in [6, 6.07) is 34.3. The van der Waals surface area contributed by atoms with Crippen molar-refractivity contribution in [3.63, 3.8) is 0 Å². The molecule has 1 N–H and O–H groups in total. The van der Waals surface area contributed by atoms with Crippen molar-refractivity contribution in [2.75, 3.05) is 4.90 Å². The summed E-state index contributed by atoms with van der Waals surface area (Å²) in [5.41, 5.74) is 9.42. The predicted molar refractivity (Wildman–Crippen MR) is 132 cm³/mol. The molecule has 1 amide bonds. The number of hydrazone groups is 1. The van der Waals surface area contributed by atoms with Crippen LogP contribution in [0.5, 0.6) is 0 Å². The Hall–Kier alpha value is -4.18. The molecule has 4 rings (SSSR count). The average molecular weight is 420 g/mol. The molecular formula is C28H25N3O. The van der Waals surface area contributed by atoms with Crippen LogP contribution in [0, 0.1) is 13.8 Å². The van der Waals surface area contributed by atoms with Crippen molar-refractivity contribution >= 4 is 29.2 Å². The Bertz CT molecular complexity index is 1180. The Kier molecular flexibility index (Phi) is 6.42. The SMILES string of the molecule is Cc1ccc(C(=O)N/N=C/c2ccc(N(c3ccccc3)c3ccccc3)cc2)c(C)c1. The summed E-state index contributed by atoms with van der Waals surface area (Å²) in [5, 5.41) is 4.13. The molecule has 0 spiro atoms. The van der Waals surface area contributed by atoms with E-state index in [-0.39, 0.29) is 5.91 Å². The lowest BCUT2D eigenvalue weighted by Gasteiger charge is -2.25. The molecule has 4 aromatic carbocycles. The van der Waals surface area contributed by atoms with Crippen LogP contribution in [0.25, 0.3) is 0 Å². The Morgan fingerprint density at radius 3 is 1.88 bits per heavy atom. The van der Waals surface area contributed by atoms with Crippen molar-refractivity contribution in [1.82, 2.24) is 5.43 Å². The highest BCUT2D eigenvalue weighted by atomic mass is 16.2. The second-order valence-corrected chi connectivity index (χ2v) is 7.62. The van der Waals surface area contributed by atoms with Crippen LogP contribution in [-0.4, -0.2) is 12.1 Å². The topological polar surface area (TPSA) is 44.7 Å². The van der Waals surface area contributed by atoms with Gasteiger partial charge in [-0.2, -0.15) is 5.10 Å². The standard InChI is InChI=1S/C28H25N3O/c1-21-13-18-27(22(2)19-21)28(32)30-29-20-23-14-16-26(17-15-23)31(24-9-5-3-6-10-24)25-11-7-4-8-12-25/h3-20H,1-2H3,(H,30,32)/b29-20+. The van der Waals surface area contributed by atoms with Gasteiger partial charge in [0.25, 0.3) is 5.91 Å². The van der Waals surface area contributed by atoms with Crippen LogP contribution in [0.2, 0.25) is 0 Å². The molecule has 0 radical (unpaired) electrons. The van der Waals surface area contributed by atoms with Crippen LogP contribution < -0.4 is 10.3 Å². The lowest BCUT2D eigenvalue weighted by molar-refractivity contribution is 0.0954. The molecule has 4 heteroatoms. The summed E-state index contributed by atoms with van der Waals surface area (Å²) >= 11 is 0. The monoisotopic (exact) mass is 419 g/mol. The van der Waals surface area contributed by atoms with Gasteiger partial charge >= 0.3 is 0 Å². The number of amides is 1. The number of nitrogens with one attached hydrogen (secondary N) is 1. The van der Waals surface area contributed by atoms with Crippen molar-refractivity contribution in [3.8, 4) is 0 Å². The van der Waals surface area contributed by atoms with Crippen molar-refractivity contribution in [2.45, 2.75) is 13.8 Å². The molecular weight excluding hydrogens is 394 g/mol. The van der Waals surface area contributed by atoms with Gasteiger partial charge in [0.1, 0.15) is 0 Å². The summed E-state index contributed by atoms with van der Waals surface area (Å²) in [7, 11) is 0. The van der Waals surface area contributed by atoms with Gasteiger partial charge in [0.15, 0.2) is 0 Å². The maximum Gasteiger partial charge on any atom is 0.271 e. The van der Waals surface area contributed by atoms with Crippen molar-refractivity contribution in [1.29, 1.82) is 0 Å². The number of para-hydroxylation sites is 2. The normalized spacial score (nSPS) is 10.8. The van der Waals surface area contributed by atoms with Gasteiger partial charge in [0.05, 0.1) is 6.21 Å². The maximum atomic E-state index is 12.4. The first-order chi connectivity index (χ1) is 15.6. The van der Waals surface area contributed by atoms with Crippen LogP contribution in [0.3, 0.4) is 0 Å². The molecule has 0 bridgehead atoms. The summed E-state index contributed by atoms with van der Waals surface area (Å²) in [5.74, 6) is -0.213. The van der Waals surface area contributed by atoms with Gasteiger partial charge in [0, 0.05) is 22.6 Å². The highest BCUT2D eigenvalue weighted by Gasteiger charge is 2.11. The number of hydrogen-bond donors (Lipinski definition) is 1. The van der Waals surface area contributed by atoms with Gasteiger partial charge in [-0.15, -0.1) is 0 Å². The molecule has 32 heavy (non-hydrogen) atoms. The molecule has 0 aliphatic rings. The fraction of sp³-hybridized carbons (Fsp3) is 0.0714. The van der Waals surface area contributed by atoms with Crippen LogP contribution >= 0.6 is 0 Å². The number of nitrogens with zero attached hydrogens (tertiary/aromatic N) is 2. The molecule has 0 heterocycles. The van der Waals surface area contributed by atoms with E-state index in [1.165, 1.54) is 0 Å². The average Bonchev–Trinajstić information content (AvgIpc) is 2.81. The molecule has 0 atom stereocenters. The predicted octanol–water partition coefficient (Wildman–Crippen LogP) is 6.54. The first-order valence-corrected chi connectivity index (χ1v) is 10.5. The zero-order valence-corrected chi connectivity index (χ0v) is 18.2. The van der Waals surface area contributed by atoms with Gasteiger partial charge in [0.2, 0.25) is 0 Å². The van der Waals surface area contributed by atoms with Crippen molar-refractivity contribution < 1.29 is 4.79 Å². The Morgan fingerprint density at radius 2 is 1.31 bits per heavy atom. The van der Waals surface area contributed by atoms with Crippen LogP contribution in [0.15, 0.2) is 108 Å². The third kappa shape index (κ3) is 4.93. The van der Waals surface area contributed by atoms with Gasteiger partial charge < -0.3 is 4.90 Å². The van der Waals surface area contributed by atoms with E-state index in [0.717, 1.165) is 33.8 Å². The smallest absolute Gasteiger partial charge is 0.271 e. The second kappa shape index (κ2) is 9.75. The van der Waals surface area contributed by atoms with E-state index in [2.05, 4.69) is 39.7 Å². The Balaban J connectivity index is 1.51. The molecule has 4 aromatic rings. The molecule has 0 saturated carbocycles. The Morgan fingerprint density at radius 1 is 0.750 bits per heavy atom. The van der Waals surface area contributed by atoms with Crippen LogP contribution in [0.4, 0.5) is 17.1 Å². The summed E-state index contributed by atoms with van der Waals surface area (Å²) in [6.45, 7) is 3.93. The molecule has 0 saturated heterocycles. The fourth-order valence-electron chi connectivity index (χ4n) is 3.60. The van der Waals surface area contributed by atoms with E-state index < -0.39 is 0 Å². The van der Waals surface area contributed by atoms with Crippen LogP contribution in [-0.2, 0) is 0 Å². The third-order valence-corrected chi connectivity index (χ3v) is 5.19. The first-order valence-electron chi connectivity index (χ1n) is 10.5. The zero-order chi connectivity index (χ0) is 22.3. The number of aryl methyl sites for hydroxylation is 2. The summed E-state index contributed by atoms with van der Waals surface area (Å²) < 4.78 is 0. The highest BCUT2D eigenvalue weighted by Crippen LogP contribution is 2.33. The minimum Gasteiger partial charge on any atom is -0.311 e. The van der Waals surface area contributed by atoms with Gasteiger partial charge in [-0.1, -0.05) is 66.2 Å². The van der Waals surface area contributed by atoms with E-state index >= 15 is 0 Å². The Labute approximate surface area is 188 Å². The second-order valence-electron chi connectivity index (χ2n) is 7.62. The largest absolute Gasteiger partial charge is 0.311 e. The molecule has 0 fully saturated rings. The van der Waals surface area contributed by atoms with Crippen molar-refractivity contribution in [2.24, 2.45) is 5.10 Å². The number of hydrogen-bond acceptors (Lipinski definition) is 3. The minimum absolute atomic E-state index is 0.213. The number of benzene rings is 4. The summed E-state index contributed by atoms with van der Waals surface area (Å²) in [6.07, 6.45) is 1.65. The molecule has 0 aliphatic heterocycles. The minimum atomic E-state index is -0.213. The van der Waals surface area contributed by atoms with Gasteiger partial charge in [-0.05, 0) is 67.4 Å². The third-order valence-electron chi connectivity index (χ3n) is 5.19. The zero-order valence-electron chi connectivity index (χ0n) is 18.2. The molecule has 0 unspecified atom stereocenters. The molecule has 4 nitrogen and oxygen atoms in total. The molecule has 0 aromatic heterocycles. The quantitative estimate of drug-likeness (QED) is 0.285. The van der Waals surface area contributed by atoms with E-state index in [0.29, 0.717) is 5.56 Å². The summed E-state index contributed by atoms with van der Waals surface area (Å²) in [4.78, 5) is 14.6. The van der Waals surface area contributed by atoms with E-state index in [4.69, 9.17) is 0 Å². The molecule has 0 aliphatic carbocycles. The van der Waals surface area contributed by atoms with E-state index in [9.17, 15) is 4.79 Å².